The third-order valence-electron chi connectivity index (χ3n) is 5.90. The number of phenols is 1. The van der Waals surface area contributed by atoms with E-state index in [0.29, 0.717) is 29.2 Å². The predicted molar refractivity (Wildman–Crippen MR) is 219 cm³/mol. The summed E-state index contributed by atoms with van der Waals surface area (Å²) in [6.07, 6.45) is 0.872. The first-order valence-electron chi connectivity index (χ1n) is 16.6. The summed E-state index contributed by atoms with van der Waals surface area (Å²) in [7, 11) is 0. The van der Waals surface area contributed by atoms with Gasteiger partial charge < -0.3 is 30.9 Å². The molecule has 17 heteroatoms. The van der Waals surface area contributed by atoms with Gasteiger partial charge in [0.1, 0.15) is 22.7 Å². The van der Waals surface area contributed by atoms with E-state index in [1.807, 2.05) is 96.1 Å². The number of aromatic hydroxyl groups is 1. The van der Waals surface area contributed by atoms with Crippen molar-refractivity contribution in [3.8, 4) is 17.6 Å². The minimum Gasteiger partial charge on any atom is -1.00 e. The number of carbonyl (C=O) groups is 3. The number of nitrogens with one attached hydrogen (secondary N) is 2. The van der Waals surface area contributed by atoms with Gasteiger partial charge in [0.15, 0.2) is 0 Å². The average molecular weight is 934 g/mol. The van der Waals surface area contributed by atoms with E-state index < -0.39 is 23.4 Å². The monoisotopic (exact) mass is 931 g/mol. The number of benzene rings is 4. The standard InChI is InChI=1S/C18H22ClNO3.C15H17NO3.C3H6BrCl.C2H3N.CH2O3.2K.H/c1-18(2,3)23-17(21)20-15-9-10-16(22-12-6-11-19)14-8-5-4-7-13(14)15;1-15(2,3)19-14(18)16-12-8-9-13(17)11-7-5-4-6-10(11)12;4-2-1-3-5;1-2-3;2-1-4-3;;;/h4-5,7-10H,6,11-12H2,1-3H3,(H,20,21);4-9,17H,1-3H3,(H,16,18);1-3H2;1H3;1,3H;;;/q;;;;;2*+1;-1/p-1. The number of nitrogens with zero attached hydrogens (tertiary/aromatic N) is 1. The predicted octanol–water partition coefficient (Wildman–Crippen LogP) is 4.18. The zero-order valence-electron chi connectivity index (χ0n) is 34.5. The number of ether oxygens (including phenoxy) is 3. The fourth-order valence-corrected chi connectivity index (χ4v) is 4.86. The van der Waals surface area contributed by atoms with Gasteiger partial charge in [-0.1, -0.05) is 64.5 Å². The Hall–Kier alpha value is -1.21. The zero-order chi connectivity index (χ0) is 41.2. The van der Waals surface area contributed by atoms with Gasteiger partial charge >= 0.3 is 115 Å². The van der Waals surface area contributed by atoms with Crippen LogP contribution in [0.1, 0.15) is 62.7 Å². The van der Waals surface area contributed by atoms with Crippen LogP contribution >= 0.6 is 39.1 Å². The fourth-order valence-electron chi connectivity index (χ4n) is 4.01. The Labute approximate surface area is 435 Å². The molecule has 0 radical (unpaired) electrons. The molecule has 0 saturated heterocycles. The number of halogens is 3. The number of alkyl halides is 3. The molecule has 0 fully saturated rings. The Morgan fingerprint density at radius 1 is 0.804 bits per heavy atom. The van der Waals surface area contributed by atoms with Gasteiger partial charge in [-0.05, 0) is 78.6 Å². The number of hydrogen-bond acceptors (Lipinski definition) is 10. The van der Waals surface area contributed by atoms with Crippen molar-refractivity contribution < 1.29 is 148 Å². The molecule has 0 aliphatic carbocycles. The summed E-state index contributed by atoms with van der Waals surface area (Å²) < 4.78 is 16.3. The van der Waals surface area contributed by atoms with E-state index in [4.69, 9.17) is 52.7 Å². The van der Waals surface area contributed by atoms with Crippen LogP contribution in [-0.4, -0.2) is 58.7 Å². The second kappa shape index (κ2) is 33.6. The Kier molecular flexibility index (Phi) is 35.5. The molecule has 4 aromatic carbocycles. The number of phenolic OH excluding ortho intramolecular Hbond substituents is 1. The van der Waals surface area contributed by atoms with Gasteiger partial charge in [0.05, 0.1) is 24.1 Å². The minimum atomic E-state index is -0.545. The Morgan fingerprint density at radius 2 is 1.20 bits per heavy atom. The first-order chi connectivity index (χ1) is 25.5. The molecule has 12 nitrogen and oxygen atoms in total. The quantitative estimate of drug-likeness (QED) is 0.0420. The minimum absolute atomic E-state index is 0. The molecule has 0 aliphatic heterocycles. The molecule has 0 aliphatic rings. The van der Waals surface area contributed by atoms with Gasteiger partial charge in [-0.15, -0.1) is 23.2 Å². The average Bonchev–Trinajstić information content (AvgIpc) is 3.10. The van der Waals surface area contributed by atoms with Crippen molar-refractivity contribution in [3.63, 3.8) is 0 Å². The third kappa shape index (κ3) is 26.7. The van der Waals surface area contributed by atoms with Crippen LogP contribution in [0.15, 0.2) is 72.8 Å². The zero-order valence-corrected chi connectivity index (χ0v) is 42.9. The van der Waals surface area contributed by atoms with Crippen molar-refractivity contribution in [3.05, 3.63) is 72.8 Å². The van der Waals surface area contributed by atoms with Gasteiger partial charge in [0, 0.05) is 45.6 Å². The van der Waals surface area contributed by atoms with Crippen LogP contribution in [0.3, 0.4) is 0 Å². The maximum Gasteiger partial charge on any atom is 1.00 e. The van der Waals surface area contributed by atoms with Crippen LogP contribution < -0.4 is 123 Å². The van der Waals surface area contributed by atoms with E-state index in [0.717, 1.165) is 46.0 Å². The molecule has 0 heterocycles. The second-order valence-electron chi connectivity index (χ2n) is 12.6. The van der Waals surface area contributed by atoms with E-state index >= 15 is 0 Å². The molecule has 4 rings (SSSR count). The van der Waals surface area contributed by atoms with Gasteiger partial charge in [0.25, 0.3) is 6.47 Å². The molecule has 0 atom stereocenters. The molecule has 0 spiro atoms. The number of hydrogen-bond donors (Lipinski definition) is 3. The molecule has 0 unspecified atom stereocenters. The van der Waals surface area contributed by atoms with Gasteiger partial charge in [0.2, 0.25) is 0 Å². The molecule has 2 amide bonds. The normalized spacial score (nSPS) is 9.75. The van der Waals surface area contributed by atoms with E-state index in [9.17, 15) is 14.7 Å². The number of anilines is 2. The summed E-state index contributed by atoms with van der Waals surface area (Å²) in [6, 6.07) is 23.7. The molecule has 4 aromatic rings. The Morgan fingerprint density at radius 3 is 1.57 bits per heavy atom. The molecule has 56 heavy (non-hydrogen) atoms. The van der Waals surface area contributed by atoms with Crippen LogP contribution in [0.25, 0.3) is 21.5 Å². The summed E-state index contributed by atoms with van der Waals surface area (Å²) in [4.78, 5) is 35.0. The smallest absolute Gasteiger partial charge is 1.00 e. The van der Waals surface area contributed by atoms with Crippen molar-refractivity contribution in [1.29, 1.82) is 5.26 Å². The van der Waals surface area contributed by atoms with Crippen molar-refractivity contribution in [2.45, 2.75) is 72.5 Å². The van der Waals surface area contributed by atoms with Crippen molar-refractivity contribution >= 4 is 90.7 Å². The van der Waals surface area contributed by atoms with Crippen molar-refractivity contribution in [1.82, 2.24) is 0 Å². The van der Waals surface area contributed by atoms with Crippen LogP contribution in [0, 0.1) is 11.3 Å². The topological polar surface area (TPSA) is 179 Å². The van der Waals surface area contributed by atoms with E-state index in [2.05, 4.69) is 31.5 Å². The Bertz CT molecular complexity index is 1780. The molecule has 0 aromatic heterocycles. The molecular formula is C39H50BrCl2K2N3O9. The summed E-state index contributed by atoms with van der Waals surface area (Å²) in [5.74, 6) is 2.30. The van der Waals surface area contributed by atoms with Gasteiger partial charge in [-0.25, -0.2) is 9.59 Å². The van der Waals surface area contributed by atoms with Crippen LogP contribution in [0.5, 0.6) is 11.5 Å². The summed E-state index contributed by atoms with van der Waals surface area (Å²) >= 11 is 14.2. The number of fused-ring (bicyclic) bond motifs is 2. The van der Waals surface area contributed by atoms with Gasteiger partial charge in [-0.2, -0.15) is 5.26 Å². The first-order valence-corrected chi connectivity index (χ1v) is 18.8. The molecule has 3 N–H and O–H groups in total. The number of amides is 2. The van der Waals surface area contributed by atoms with E-state index in [1.165, 1.54) is 6.92 Å². The fraction of sp³-hybridized carbons (Fsp3) is 0.385. The molecule has 0 saturated carbocycles. The van der Waals surface area contributed by atoms with Crippen LogP contribution in [0.4, 0.5) is 21.0 Å². The maximum absolute atomic E-state index is 12.0. The van der Waals surface area contributed by atoms with Crippen LogP contribution in [0.2, 0.25) is 0 Å². The van der Waals surface area contributed by atoms with E-state index in [-0.39, 0.29) is 116 Å². The third-order valence-corrected chi connectivity index (χ3v) is 6.99. The van der Waals surface area contributed by atoms with Crippen molar-refractivity contribution in [2.24, 2.45) is 0 Å². The number of carbonyl (C=O) groups excluding carboxylic acids is 3. The number of nitriles is 1. The second-order valence-corrected chi connectivity index (χ2v) is 14.2. The summed E-state index contributed by atoms with van der Waals surface area (Å²) in [5, 5.41) is 35.3. The maximum atomic E-state index is 12.0. The van der Waals surface area contributed by atoms with E-state index in [1.54, 1.807) is 24.3 Å². The van der Waals surface area contributed by atoms with Crippen molar-refractivity contribution in [2.75, 3.05) is 34.3 Å². The SMILES string of the molecule is CC#N.CC(C)(C)OC(=O)Nc1ccc(O)c2ccccc12.CC(C)(C)OC(=O)Nc1ccc(OCCCCl)c2ccccc12.ClCCCBr.O=CO[O-].[H-].[K+].[K+]. The molecular weight excluding hydrogens is 883 g/mol. The Balaban J connectivity index is -0.000000372. The number of rotatable bonds is 9. The molecule has 298 valence electrons. The summed E-state index contributed by atoms with van der Waals surface area (Å²) in [6.45, 7) is 12.7. The van der Waals surface area contributed by atoms with Crippen LogP contribution in [-0.2, 0) is 19.2 Å². The van der Waals surface area contributed by atoms with Gasteiger partial charge in [-0.3, -0.25) is 15.4 Å². The molecule has 0 bridgehead atoms. The largest absolute Gasteiger partial charge is 1.00 e. The summed E-state index contributed by atoms with van der Waals surface area (Å²) in [5.41, 5.74) is 0.226. The first kappa shape index (κ1) is 59.1.